The number of rotatable bonds is 14. The zero-order valence-corrected chi connectivity index (χ0v) is 18.9. The highest BCUT2D eigenvalue weighted by Gasteiger charge is 2.34. The Bertz CT molecular complexity index is 932. The van der Waals surface area contributed by atoms with E-state index in [2.05, 4.69) is 0 Å². The Balaban J connectivity index is 1.90. The molecule has 2 rings (SSSR count). The van der Waals surface area contributed by atoms with E-state index in [1.54, 1.807) is 60.7 Å². The molecule has 10 heteroatoms. The van der Waals surface area contributed by atoms with E-state index in [0.717, 1.165) is 0 Å². The average molecular weight is 486 g/mol. The standard InChI is InChI=1S/C25H26O10/c26-20(27)13-7-8-14-21(28)32-17-22(29)35-23(24(30)33-15-18-9-3-1-4-10-18)25(31)34-16-19-11-5-2-6-12-19/h1-6,9-12,23H,7-8,13-17H2,(H,26,27). The lowest BCUT2D eigenvalue weighted by molar-refractivity contribution is -0.184. The van der Waals surface area contributed by atoms with Gasteiger partial charge in [0.2, 0.25) is 0 Å². The third-order valence-corrected chi connectivity index (χ3v) is 4.50. The number of aliphatic carboxylic acids is 1. The summed E-state index contributed by atoms with van der Waals surface area (Å²) in [7, 11) is 0. The van der Waals surface area contributed by atoms with Crippen molar-refractivity contribution in [3.63, 3.8) is 0 Å². The number of carbonyl (C=O) groups is 5. The third kappa shape index (κ3) is 11.0. The maximum absolute atomic E-state index is 12.5. The van der Waals surface area contributed by atoms with Crippen molar-refractivity contribution >= 4 is 29.8 Å². The number of ether oxygens (including phenoxy) is 4. The van der Waals surface area contributed by atoms with Crippen LogP contribution >= 0.6 is 0 Å². The number of benzene rings is 2. The highest BCUT2D eigenvalue weighted by atomic mass is 16.6. The molecule has 0 heterocycles. The van der Waals surface area contributed by atoms with Crippen molar-refractivity contribution in [3.8, 4) is 0 Å². The van der Waals surface area contributed by atoms with Gasteiger partial charge in [-0.2, -0.15) is 0 Å². The van der Waals surface area contributed by atoms with Crippen LogP contribution in [0.15, 0.2) is 60.7 Å². The number of unbranched alkanes of at least 4 members (excludes halogenated alkanes) is 1. The molecule has 0 aromatic heterocycles. The first-order chi connectivity index (χ1) is 16.8. The molecule has 0 unspecified atom stereocenters. The predicted octanol–water partition coefficient (Wildman–Crippen LogP) is 2.57. The summed E-state index contributed by atoms with van der Waals surface area (Å²) >= 11 is 0. The van der Waals surface area contributed by atoms with Gasteiger partial charge in [0.05, 0.1) is 0 Å². The van der Waals surface area contributed by atoms with E-state index in [1.807, 2.05) is 0 Å². The molecule has 0 radical (unpaired) electrons. The van der Waals surface area contributed by atoms with Crippen LogP contribution in [0.5, 0.6) is 0 Å². The predicted molar refractivity (Wildman–Crippen MR) is 119 cm³/mol. The van der Waals surface area contributed by atoms with Gasteiger partial charge in [0.25, 0.3) is 6.10 Å². The lowest BCUT2D eigenvalue weighted by Gasteiger charge is -2.16. The fourth-order valence-corrected chi connectivity index (χ4v) is 2.72. The number of carboxylic acids is 1. The molecule has 0 bridgehead atoms. The molecular formula is C25H26O10. The zero-order chi connectivity index (χ0) is 25.5. The maximum Gasteiger partial charge on any atom is 0.359 e. The summed E-state index contributed by atoms with van der Waals surface area (Å²) in [5.74, 6) is -5.16. The van der Waals surface area contributed by atoms with Gasteiger partial charge >= 0.3 is 29.8 Å². The molecule has 2 aromatic rings. The molecule has 0 saturated carbocycles. The van der Waals surface area contributed by atoms with Crippen LogP contribution in [-0.2, 0) is 56.1 Å². The lowest BCUT2D eigenvalue weighted by Crippen LogP contribution is -2.38. The van der Waals surface area contributed by atoms with Crippen LogP contribution in [0.2, 0.25) is 0 Å². The Morgan fingerprint density at radius 2 is 1.14 bits per heavy atom. The Labute approximate surface area is 201 Å². The van der Waals surface area contributed by atoms with E-state index in [-0.39, 0.29) is 38.9 Å². The molecule has 2 aromatic carbocycles. The second kappa shape index (κ2) is 14.8. The summed E-state index contributed by atoms with van der Waals surface area (Å²) in [6.07, 6.45) is -1.66. The first-order valence-electron chi connectivity index (χ1n) is 10.8. The van der Waals surface area contributed by atoms with Gasteiger partial charge in [0, 0.05) is 12.8 Å². The second-order valence-corrected chi connectivity index (χ2v) is 7.32. The molecule has 0 aliphatic carbocycles. The van der Waals surface area contributed by atoms with E-state index >= 15 is 0 Å². The molecule has 0 spiro atoms. The zero-order valence-electron chi connectivity index (χ0n) is 18.9. The summed E-state index contributed by atoms with van der Waals surface area (Å²) in [6, 6.07) is 17.4. The van der Waals surface area contributed by atoms with Crippen molar-refractivity contribution in [2.45, 2.75) is 45.0 Å². The highest BCUT2D eigenvalue weighted by Crippen LogP contribution is 2.09. The van der Waals surface area contributed by atoms with Gasteiger partial charge in [-0.3, -0.25) is 9.59 Å². The van der Waals surface area contributed by atoms with Gasteiger partial charge in [0.15, 0.2) is 6.61 Å². The van der Waals surface area contributed by atoms with Gasteiger partial charge in [-0.25, -0.2) is 14.4 Å². The number of carboxylic acid groups (broad SMARTS) is 1. The summed E-state index contributed by atoms with van der Waals surface area (Å²) in [5.41, 5.74) is 1.31. The van der Waals surface area contributed by atoms with Crippen LogP contribution in [0, 0.1) is 0 Å². The van der Waals surface area contributed by atoms with Crippen molar-refractivity contribution in [1.29, 1.82) is 0 Å². The highest BCUT2D eigenvalue weighted by molar-refractivity contribution is 6.00. The molecule has 35 heavy (non-hydrogen) atoms. The van der Waals surface area contributed by atoms with Gasteiger partial charge in [-0.15, -0.1) is 0 Å². The third-order valence-electron chi connectivity index (χ3n) is 4.50. The largest absolute Gasteiger partial charge is 0.481 e. The van der Waals surface area contributed by atoms with E-state index in [4.69, 9.17) is 24.1 Å². The van der Waals surface area contributed by atoms with Gasteiger partial charge in [0.1, 0.15) is 13.2 Å². The normalized spacial score (nSPS) is 10.3. The van der Waals surface area contributed by atoms with Crippen molar-refractivity contribution in [2.75, 3.05) is 6.61 Å². The minimum absolute atomic E-state index is 0.0901. The molecule has 0 fully saturated rings. The van der Waals surface area contributed by atoms with E-state index < -0.39 is 42.6 Å². The molecule has 0 atom stereocenters. The van der Waals surface area contributed by atoms with E-state index in [0.29, 0.717) is 11.1 Å². The number of hydrogen-bond acceptors (Lipinski definition) is 9. The fourth-order valence-electron chi connectivity index (χ4n) is 2.72. The average Bonchev–Trinajstić information content (AvgIpc) is 2.86. The van der Waals surface area contributed by atoms with E-state index in [9.17, 15) is 24.0 Å². The maximum atomic E-state index is 12.5. The molecular weight excluding hydrogens is 460 g/mol. The number of carbonyl (C=O) groups excluding carboxylic acids is 4. The summed E-state index contributed by atoms with van der Waals surface area (Å²) < 4.78 is 19.9. The fraction of sp³-hybridized carbons (Fsp3) is 0.320. The van der Waals surface area contributed by atoms with Crippen LogP contribution in [0.3, 0.4) is 0 Å². The summed E-state index contributed by atoms with van der Waals surface area (Å²) in [6.45, 7) is -1.16. The van der Waals surface area contributed by atoms with Crippen LogP contribution in [0.25, 0.3) is 0 Å². The first kappa shape index (κ1) is 27.0. The van der Waals surface area contributed by atoms with E-state index in [1.165, 1.54) is 0 Å². The molecule has 10 nitrogen and oxygen atoms in total. The minimum atomic E-state index is -2.01. The Morgan fingerprint density at radius 3 is 1.63 bits per heavy atom. The van der Waals surface area contributed by atoms with Crippen LogP contribution in [-0.4, -0.2) is 47.7 Å². The van der Waals surface area contributed by atoms with Crippen LogP contribution in [0.4, 0.5) is 0 Å². The smallest absolute Gasteiger partial charge is 0.359 e. The van der Waals surface area contributed by atoms with Crippen LogP contribution < -0.4 is 0 Å². The quantitative estimate of drug-likeness (QED) is 0.183. The molecule has 1 N–H and O–H groups in total. The molecule has 0 aliphatic heterocycles. The SMILES string of the molecule is O=C(O)CCCCC(=O)OCC(=O)OC(C(=O)OCc1ccccc1)C(=O)OCc1ccccc1. The minimum Gasteiger partial charge on any atom is -0.481 e. The van der Waals surface area contributed by atoms with Crippen molar-refractivity contribution in [2.24, 2.45) is 0 Å². The van der Waals surface area contributed by atoms with Gasteiger partial charge in [-0.05, 0) is 24.0 Å². The second-order valence-electron chi connectivity index (χ2n) is 7.32. The Morgan fingerprint density at radius 1 is 0.657 bits per heavy atom. The van der Waals surface area contributed by atoms with Gasteiger partial charge < -0.3 is 24.1 Å². The number of hydrogen-bond donors (Lipinski definition) is 1. The monoisotopic (exact) mass is 486 g/mol. The Hall–Kier alpha value is -4.21. The first-order valence-corrected chi connectivity index (χ1v) is 10.8. The molecule has 186 valence electrons. The topological polar surface area (TPSA) is 142 Å². The van der Waals surface area contributed by atoms with Crippen molar-refractivity contribution < 1.29 is 48.0 Å². The number of esters is 4. The van der Waals surface area contributed by atoms with Crippen molar-refractivity contribution in [3.05, 3.63) is 71.8 Å². The lowest BCUT2D eigenvalue weighted by atomic mass is 10.2. The Kier molecular flexibility index (Phi) is 11.5. The van der Waals surface area contributed by atoms with Gasteiger partial charge in [-0.1, -0.05) is 60.7 Å². The molecule has 0 amide bonds. The molecule has 0 aliphatic rings. The molecule has 0 saturated heterocycles. The summed E-state index contributed by atoms with van der Waals surface area (Å²) in [4.78, 5) is 59.4. The summed E-state index contributed by atoms with van der Waals surface area (Å²) in [5, 5.41) is 8.58. The van der Waals surface area contributed by atoms with Crippen LogP contribution in [0.1, 0.15) is 36.8 Å². The van der Waals surface area contributed by atoms with Crippen molar-refractivity contribution in [1.82, 2.24) is 0 Å².